The van der Waals surface area contributed by atoms with E-state index in [0.29, 0.717) is 16.5 Å². The van der Waals surface area contributed by atoms with Gasteiger partial charge in [-0.05, 0) is 24.7 Å². The predicted molar refractivity (Wildman–Crippen MR) is 77.2 cm³/mol. The minimum absolute atomic E-state index is 0.283. The van der Waals surface area contributed by atoms with Gasteiger partial charge in [0.05, 0.1) is 10.7 Å². The van der Waals surface area contributed by atoms with Crippen molar-refractivity contribution in [1.82, 2.24) is 0 Å². The van der Waals surface area contributed by atoms with Crippen LogP contribution in [0, 0.1) is 5.41 Å². The summed E-state index contributed by atoms with van der Waals surface area (Å²) in [5.41, 5.74) is 1.37. The fourth-order valence-corrected chi connectivity index (χ4v) is 3.28. The molecule has 0 aromatic heterocycles. The SMILES string of the molecule is CC1(C)CCCC(Nc2cc3c(cc2Cl)OCO3)C1. The second-order valence-electron chi connectivity index (χ2n) is 6.29. The number of anilines is 1. The van der Waals surface area contributed by atoms with Crippen LogP contribution in [0.4, 0.5) is 5.69 Å². The molecule has 1 aliphatic heterocycles. The van der Waals surface area contributed by atoms with Crippen molar-refractivity contribution in [2.45, 2.75) is 45.6 Å². The Bertz CT molecular complexity index is 487. The van der Waals surface area contributed by atoms with Crippen molar-refractivity contribution in [3.8, 4) is 11.5 Å². The van der Waals surface area contributed by atoms with E-state index in [1.807, 2.05) is 12.1 Å². The number of hydrogen-bond donors (Lipinski definition) is 1. The molecular formula is C15H20ClNO2. The number of rotatable bonds is 2. The van der Waals surface area contributed by atoms with Crippen LogP contribution in [0.25, 0.3) is 0 Å². The predicted octanol–water partition coefficient (Wildman–Crippen LogP) is 4.45. The first-order valence-electron chi connectivity index (χ1n) is 6.89. The molecule has 3 nitrogen and oxygen atoms in total. The lowest BCUT2D eigenvalue weighted by molar-refractivity contribution is 0.174. The van der Waals surface area contributed by atoms with Gasteiger partial charge in [-0.25, -0.2) is 0 Å². The first-order chi connectivity index (χ1) is 9.03. The lowest BCUT2D eigenvalue weighted by Gasteiger charge is -2.36. The van der Waals surface area contributed by atoms with Crippen molar-refractivity contribution < 1.29 is 9.47 Å². The number of halogens is 1. The van der Waals surface area contributed by atoms with Crippen molar-refractivity contribution in [1.29, 1.82) is 0 Å². The molecule has 1 unspecified atom stereocenters. The Hall–Kier alpha value is -1.09. The van der Waals surface area contributed by atoms with Crippen LogP contribution in [-0.2, 0) is 0 Å². The highest BCUT2D eigenvalue weighted by Crippen LogP contribution is 2.41. The summed E-state index contributed by atoms with van der Waals surface area (Å²) < 4.78 is 10.7. The van der Waals surface area contributed by atoms with Crippen molar-refractivity contribution in [2.75, 3.05) is 12.1 Å². The van der Waals surface area contributed by atoms with Gasteiger partial charge in [-0.1, -0.05) is 31.9 Å². The summed E-state index contributed by atoms with van der Waals surface area (Å²) in [6.45, 7) is 4.95. The van der Waals surface area contributed by atoms with Gasteiger partial charge in [0, 0.05) is 18.2 Å². The average Bonchev–Trinajstić information content (AvgIpc) is 2.75. The Morgan fingerprint density at radius 1 is 1.26 bits per heavy atom. The van der Waals surface area contributed by atoms with E-state index in [1.54, 1.807) is 0 Å². The number of ether oxygens (including phenoxy) is 2. The molecule has 1 heterocycles. The molecule has 1 atom stereocenters. The molecule has 1 fully saturated rings. The number of hydrogen-bond acceptors (Lipinski definition) is 3. The molecule has 0 spiro atoms. The van der Waals surface area contributed by atoms with Gasteiger partial charge >= 0.3 is 0 Å². The van der Waals surface area contributed by atoms with E-state index in [9.17, 15) is 0 Å². The Morgan fingerprint density at radius 2 is 2.00 bits per heavy atom. The number of benzene rings is 1. The summed E-state index contributed by atoms with van der Waals surface area (Å²) in [5, 5.41) is 4.27. The van der Waals surface area contributed by atoms with Crippen molar-refractivity contribution in [2.24, 2.45) is 5.41 Å². The van der Waals surface area contributed by atoms with Gasteiger partial charge in [-0.15, -0.1) is 0 Å². The zero-order valence-corrected chi connectivity index (χ0v) is 12.2. The van der Waals surface area contributed by atoms with Crippen LogP contribution in [0.5, 0.6) is 11.5 Å². The van der Waals surface area contributed by atoms with Gasteiger partial charge in [0.1, 0.15) is 0 Å². The highest BCUT2D eigenvalue weighted by molar-refractivity contribution is 6.33. The van der Waals surface area contributed by atoms with Gasteiger partial charge in [0.25, 0.3) is 0 Å². The van der Waals surface area contributed by atoms with E-state index in [1.165, 1.54) is 25.7 Å². The smallest absolute Gasteiger partial charge is 0.231 e. The molecular weight excluding hydrogens is 262 g/mol. The van der Waals surface area contributed by atoms with Gasteiger partial charge < -0.3 is 14.8 Å². The highest BCUT2D eigenvalue weighted by atomic mass is 35.5. The quantitative estimate of drug-likeness (QED) is 0.869. The molecule has 0 radical (unpaired) electrons. The second kappa shape index (κ2) is 4.78. The number of fused-ring (bicyclic) bond motifs is 1. The maximum atomic E-state index is 6.30. The largest absolute Gasteiger partial charge is 0.454 e. The Balaban J connectivity index is 1.76. The minimum Gasteiger partial charge on any atom is -0.454 e. The van der Waals surface area contributed by atoms with E-state index in [2.05, 4.69) is 19.2 Å². The van der Waals surface area contributed by atoms with Crippen LogP contribution in [0.2, 0.25) is 5.02 Å². The van der Waals surface area contributed by atoms with Gasteiger partial charge in [0.15, 0.2) is 11.5 Å². The lowest BCUT2D eigenvalue weighted by Crippen LogP contribution is -2.31. The molecule has 0 amide bonds. The van der Waals surface area contributed by atoms with E-state index in [-0.39, 0.29) is 6.79 Å². The molecule has 0 saturated heterocycles. The molecule has 0 bridgehead atoms. The molecule has 2 aliphatic rings. The van der Waals surface area contributed by atoms with E-state index in [4.69, 9.17) is 21.1 Å². The molecule has 1 aromatic rings. The van der Waals surface area contributed by atoms with Crippen molar-refractivity contribution in [3.63, 3.8) is 0 Å². The second-order valence-corrected chi connectivity index (χ2v) is 6.69. The maximum absolute atomic E-state index is 6.30. The minimum atomic E-state index is 0.283. The fraction of sp³-hybridized carbons (Fsp3) is 0.600. The maximum Gasteiger partial charge on any atom is 0.231 e. The number of nitrogens with one attached hydrogen (secondary N) is 1. The molecule has 1 aromatic carbocycles. The summed E-state index contributed by atoms with van der Waals surface area (Å²) in [6.07, 6.45) is 4.96. The molecule has 3 rings (SSSR count). The van der Waals surface area contributed by atoms with Gasteiger partial charge in [-0.2, -0.15) is 0 Å². The van der Waals surface area contributed by atoms with E-state index >= 15 is 0 Å². The molecule has 1 aliphatic carbocycles. The topological polar surface area (TPSA) is 30.5 Å². The van der Waals surface area contributed by atoms with Crippen LogP contribution < -0.4 is 14.8 Å². The third kappa shape index (κ3) is 2.76. The lowest BCUT2D eigenvalue weighted by atomic mass is 9.75. The third-order valence-electron chi connectivity index (χ3n) is 4.03. The van der Waals surface area contributed by atoms with Gasteiger partial charge in [0.2, 0.25) is 6.79 Å². The van der Waals surface area contributed by atoms with E-state index < -0.39 is 0 Å². The zero-order chi connectivity index (χ0) is 13.5. The Morgan fingerprint density at radius 3 is 2.74 bits per heavy atom. The average molecular weight is 282 g/mol. The van der Waals surface area contributed by atoms with Crippen LogP contribution in [0.3, 0.4) is 0 Å². The Labute approximate surface area is 119 Å². The van der Waals surface area contributed by atoms with Crippen molar-refractivity contribution >= 4 is 17.3 Å². The van der Waals surface area contributed by atoms with Crippen LogP contribution in [-0.4, -0.2) is 12.8 Å². The summed E-state index contributed by atoms with van der Waals surface area (Å²) in [5.74, 6) is 1.52. The molecule has 104 valence electrons. The normalized spacial score (nSPS) is 24.3. The van der Waals surface area contributed by atoms with Crippen molar-refractivity contribution in [3.05, 3.63) is 17.2 Å². The summed E-state index contributed by atoms with van der Waals surface area (Å²) in [6, 6.07) is 4.27. The third-order valence-corrected chi connectivity index (χ3v) is 4.34. The zero-order valence-electron chi connectivity index (χ0n) is 11.5. The molecule has 1 saturated carbocycles. The van der Waals surface area contributed by atoms with Crippen LogP contribution in [0.1, 0.15) is 39.5 Å². The standard InChI is InChI=1S/C15H20ClNO2/c1-15(2)5-3-4-10(8-15)17-12-7-14-13(6-11(12)16)18-9-19-14/h6-7,10,17H,3-5,8-9H2,1-2H3. The monoisotopic (exact) mass is 281 g/mol. The van der Waals surface area contributed by atoms with E-state index in [0.717, 1.165) is 17.2 Å². The Kier molecular flexibility index (Phi) is 3.25. The summed E-state index contributed by atoms with van der Waals surface area (Å²) in [7, 11) is 0. The fourth-order valence-electron chi connectivity index (χ4n) is 3.07. The highest BCUT2D eigenvalue weighted by Gasteiger charge is 2.28. The van der Waals surface area contributed by atoms with Crippen LogP contribution in [0.15, 0.2) is 12.1 Å². The molecule has 19 heavy (non-hydrogen) atoms. The molecule has 1 N–H and O–H groups in total. The summed E-state index contributed by atoms with van der Waals surface area (Å²) >= 11 is 6.30. The van der Waals surface area contributed by atoms with Gasteiger partial charge in [-0.3, -0.25) is 0 Å². The summed E-state index contributed by atoms with van der Waals surface area (Å²) in [4.78, 5) is 0. The van der Waals surface area contributed by atoms with Crippen LogP contribution >= 0.6 is 11.6 Å². The first-order valence-corrected chi connectivity index (χ1v) is 7.27. The molecule has 4 heteroatoms. The first kappa shape index (κ1) is 12.9.